The molecule has 2 atom stereocenters. The molecule has 106 valence electrons. The molecule has 0 bridgehead atoms. The lowest BCUT2D eigenvalue weighted by Gasteiger charge is -2.27. The summed E-state index contributed by atoms with van der Waals surface area (Å²) in [6.07, 6.45) is 4.97. The van der Waals surface area contributed by atoms with E-state index in [2.05, 4.69) is 11.8 Å². The predicted octanol–water partition coefficient (Wildman–Crippen LogP) is 1.45. The summed E-state index contributed by atoms with van der Waals surface area (Å²) in [5.41, 5.74) is 5.69. The number of likely N-dealkylation sites (N-methyl/N-ethyl adjacent to an activating group) is 2. The summed E-state index contributed by atoms with van der Waals surface area (Å²) in [7, 11) is 1.93. The van der Waals surface area contributed by atoms with E-state index in [-0.39, 0.29) is 11.9 Å². The Hall–Kier alpha value is -0.610. The molecule has 0 spiro atoms. The molecule has 2 N–H and O–H groups in total. The van der Waals surface area contributed by atoms with Gasteiger partial charge in [-0.1, -0.05) is 6.92 Å². The first-order chi connectivity index (χ1) is 8.54. The number of likely N-dealkylation sites (tertiary alicyclic amines) is 1. The highest BCUT2D eigenvalue weighted by molar-refractivity contribution is 5.75. The predicted molar refractivity (Wildman–Crippen MR) is 75.4 cm³/mol. The molecule has 1 aliphatic rings. The van der Waals surface area contributed by atoms with Gasteiger partial charge in [-0.3, -0.25) is 9.69 Å². The topological polar surface area (TPSA) is 49.6 Å². The molecule has 1 heterocycles. The average molecular weight is 255 g/mol. The first-order valence-electron chi connectivity index (χ1n) is 7.28. The number of carbonyl (C=O) groups excluding carboxylic acids is 1. The summed E-state index contributed by atoms with van der Waals surface area (Å²) >= 11 is 0. The van der Waals surface area contributed by atoms with Gasteiger partial charge < -0.3 is 10.6 Å². The van der Waals surface area contributed by atoms with Gasteiger partial charge in [-0.15, -0.1) is 0 Å². The summed E-state index contributed by atoms with van der Waals surface area (Å²) in [5.74, 6) is 0.263. The van der Waals surface area contributed by atoms with E-state index < -0.39 is 0 Å². The van der Waals surface area contributed by atoms with Crippen molar-refractivity contribution in [2.75, 3.05) is 26.7 Å². The van der Waals surface area contributed by atoms with Gasteiger partial charge in [0.1, 0.15) is 0 Å². The molecule has 1 fully saturated rings. The third kappa shape index (κ3) is 4.94. The Morgan fingerprint density at radius 3 is 2.89 bits per heavy atom. The number of amides is 1. The van der Waals surface area contributed by atoms with E-state index in [0.29, 0.717) is 12.5 Å². The number of rotatable bonds is 7. The molecular weight excluding hydrogens is 226 g/mol. The molecule has 0 saturated carbocycles. The largest absolute Gasteiger partial charge is 0.344 e. The van der Waals surface area contributed by atoms with E-state index in [1.54, 1.807) is 0 Å². The molecule has 0 aromatic carbocycles. The molecule has 0 aliphatic carbocycles. The Labute approximate surface area is 111 Å². The van der Waals surface area contributed by atoms with Crippen molar-refractivity contribution < 1.29 is 4.79 Å². The monoisotopic (exact) mass is 255 g/mol. The van der Waals surface area contributed by atoms with Crippen molar-refractivity contribution in [3.05, 3.63) is 0 Å². The van der Waals surface area contributed by atoms with Crippen LogP contribution in [0.1, 0.15) is 46.0 Å². The standard InChI is InChI=1S/C14H29N3O/c1-4-17-10-6-8-13(17)11-16(3)14(18)9-5-7-12(2)15/h12-13H,4-11,15H2,1-3H3. The smallest absolute Gasteiger partial charge is 0.222 e. The van der Waals surface area contributed by atoms with E-state index in [4.69, 9.17) is 5.73 Å². The van der Waals surface area contributed by atoms with Crippen molar-refractivity contribution in [3.8, 4) is 0 Å². The minimum atomic E-state index is 0.202. The van der Waals surface area contributed by atoms with Gasteiger partial charge in [-0.2, -0.15) is 0 Å². The lowest BCUT2D eigenvalue weighted by molar-refractivity contribution is -0.130. The van der Waals surface area contributed by atoms with Crippen LogP contribution in [0.5, 0.6) is 0 Å². The van der Waals surface area contributed by atoms with Gasteiger partial charge in [0, 0.05) is 32.1 Å². The fourth-order valence-corrected chi connectivity index (χ4v) is 2.70. The van der Waals surface area contributed by atoms with E-state index in [9.17, 15) is 4.79 Å². The number of carbonyl (C=O) groups is 1. The number of nitrogens with two attached hydrogens (primary N) is 1. The van der Waals surface area contributed by atoms with Crippen molar-refractivity contribution in [1.82, 2.24) is 9.80 Å². The normalized spacial score (nSPS) is 22.1. The van der Waals surface area contributed by atoms with E-state index in [1.165, 1.54) is 19.4 Å². The SMILES string of the molecule is CCN1CCCC1CN(C)C(=O)CCCC(C)N. The highest BCUT2D eigenvalue weighted by atomic mass is 16.2. The molecule has 0 aromatic rings. The number of hydrogen-bond acceptors (Lipinski definition) is 3. The Bertz CT molecular complexity index is 255. The van der Waals surface area contributed by atoms with Gasteiger partial charge in [-0.25, -0.2) is 0 Å². The molecule has 1 saturated heterocycles. The molecule has 1 aliphatic heterocycles. The van der Waals surface area contributed by atoms with Crippen LogP contribution in [0.15, 0.2) is 0 Å². The summed E-state index contributed by atoms with van der Waals surface area (Å²) in [6.45, 7) is 7.35. The first kappa shape index (κ1) is 15.4. The summed E-state index contributed by atoms with van der Waals surface area (Å²) in [4.78, 5) is 16.4. The number of nitrogens with zero attached hydrogens (tertiary/aromatic N) is 2. The Morgan fingerprint density at radius 1 is 1.56 bits per heavy atom. The molecule has 0 radical (unpaired) electrons. The molecular formula is C14H29N3O. The summed E-state index contributed by atoms with van der Waals surface area (Å²) < 4.78 is 0. The van der Waals surface area contributed by atoms with Crippen LogP contribution in [-0.2, 0) is 4.79 Å². The third-order valence-electron chi connectivity index (χ3n) is 3.87. The van der Waals surface area contributed by atoms with Crippen molar-refractivity contribution >= 4 is 5.91 Å². The summed E-state index contributed by atoms with van der Waals surface area (Å²) in [6, 6.07) is 0.769. The lowest BCUT2D eigenvalue weighted by Crippen LogP contribution is -2.41. The van der Waals surface area contributed by atoms with Crippen molar-refractivity contribution in [2.45, 2.75) is 58.0 Å². The van der Waals surface area contributed by atoms with Crippen LogP contribution >= 0.6 is 0 Å². The minimum Gasteiger partial charge on any atom is -0.344 e. The van der Waals surface area contributed by atoms with E-state index >= 15 is 0 Å². The van der Waals surface area contributed by atoms with Crippen LogP contribution < -0.4 is 5.73 Å². The van der Waals surface area contributed by atoms with Crippen molar-refractivity contribution in [3.63, 3.8) is 0 Å². The highest BCUT2D eigenvalue weighted by Gasteiger charge is 2.25. The molecule has 0 aromatic heterocycles. The zero-order valence-electron chi connectivity index (χ0n) is 12.2. The second kappa shape index (κ2) is 7.74. The second-order valence-electron chi connectivity index (χ2n) is 5.57. The fraction of sp³-hybridized carbons (Fsp3) is 0.929. The van der Waals surface area contributed by atoms with Gasteiger partial charge in [0.25, 0.3) is 0 Å². The molecule has 1 amide bonds. The van der Waals surface area contributed by atoms with Crippen LogP contribution in [0.2, 0.25) is 0 Å². The maximum Gasteiger partial charge on any atom is 0.222 e. The van der Waals surface area contributed by atoms with Crippen LogP contribution in [0.25, 0.3) is 0 Å². The van der Waals surface area contributed by atoms with Gasteiger partial charge >= 0.3 is 0 Å². The maximum atomic E-state index is 12.0. The van der Waals surface area contributed by atoms with E-state index in [1.807, 2.05) is 18.9 Å². The lowest BCUT2D eigenvalue weighted by atomic mass is 10.1. The van der Waals surface area contributed by atoms with Crippen molar-refractivity contribution in [2.24, 2.45) is 5.73 Å². The van der Waals surface area contributed by atoms with Crippen LogP contribution in [0.3, 0.4) is 0 Å². The minimum absolute atomic E-state index is 0.202. The van der Waals surface area contributed by atoms with Gasteiger partial charge in [0.15, 0.2) is 0 Å². The van der Waals surface area contributed by atoms with E-state index in [0.717, 1.165) is 25.9 Å². The maximum absolute atomic E-state index is 12.0. The molecule has 18 heavy (non-hydrogen) atoms. The molecule has 4 nitrogen and oxygen atoms in total. The third-order valence-corrected chi connectivity index (χ3v) is 3.87. The van der Waals surface area contributed by atoms with Gasteiger partial charge in [0.05, 0.1) is 0 Å². The Balaban J connectivity index is 2.26. The fourth-order valence-electron chi connectivity index (χ4n) is 2.70. The quantitative estimate of drug-likeness (QED) is 0.749. The zero-order chi connectivity index (χ0) is 13.5. The van der Waals surface area contributed by atoms with Gasteiger partial charge in [-0.05, 0) is 45.7 Å². The molecule has 4 heteroatoms. The Kier molecular flexibility index (Phi) is 6.65. The molecule has 1 rings (SSSR count). The molecule has 2 unspecified atom stereocenters. The summed E-state index contributed by atoms with van der Waals surface area (Å²) in [5, 5.41) is 0. The average Bonchev–Trinajstić information content (AvgIpc) is 2.75. The van der Waals surface area contributed by atoms with Crippen LogP contribution in [-0.4, -0.2) is 54.5 Å². The Morgan fingerprint density at radius 2 is 2.28 bits per heavy atom. The second-order valence-corrected chi connectivity index (χ2v) is 5.57. The number of hydrogen-bond donors (Lipinski definition) is 1. The zero-order valence-corrected chi connectivity index (χ0v) is 12.2. The highest BCUT2D eigenvalue weighted by Crippen LogP contribution is 2.17. The van der Waals surface area contributed by atoms with Crippen LogP contribution in [0.4, 0.5) is 0 Å². The van der Waals surface area contributed by atoms with Gasteiger partial charge in [0.2, 0.25) is 5.91 Å². The first-order valence-corrected chi connectivity index (χ1v) is 7.28. The van der Waals surface area contributed by atoms with Crippen LogP contribution in [0, 0.1) is 0 Å². The van der Waals surface area contributed by atoms with Crippen molar-refractivity contribution in [1.29, 1.82) is 0 Å².